The van der Waals surface area contributed by atoms with Crippen LogP contribution in [0.25, 0.3) is 38.8 Å². The summed E-state index contributed by atoms with van der Waals surface area (Å²) in [5, 5.41) is 7.79. The molecular formula is C30H32STe. The molecule has 2 aromatic heterocycles. The van der Waals surface area contributed by atoms with E-state index >= 15 is 0 Å². The first-order valence-electron chi connectivity index (χ1n) is 12.2. The Balaban J connectivity index is 1.23. The SMILES string of the molecule is CCCCCCCCCCc1ccc(-c2cc3cc4cc5ccsc5cc4cc3[te]2)cc1. The number of thiophene rings is 1. The molecule has 2 heteroatoms. The number of hydrogen-bond donors (Lipinski definition) is 0. The van der Waals surface area contributed by atoms with Crippen molar-refractivity contribution in [1.29, 1.82) is 0 Å². The van der Waals surface area contributed by atoms with Crippen LogP contribution in [0.1, 0.15) is 63.9 Å². The molecule has 0 unspecified atom stereocenters. The Labute approximate surface area is 205 Å². The molecule has 0 saturated carbocycles. The van der Waals surface area contributed by atoms with Crippen molar-refractivity contribution in [3.63, 3.8) is 0 Å². The Morgan fingerprint density at radius 3 is 2.19 bits per heavy atom. The van der Waals surface area contributed by atoms with E-state index in [0.29, 0.717) is 0 Å². The summed E-state index contributed by atoms with van der Waals surface area (Å²) in [4.78, 5) is 0. The minimum atomic E-state index is -0.307. The van der Waals surface area contributed by atoms with Crippen LogP contribution in [-0.4, -0.2) is 20.4 Å². The van der Waals surface area contributed by atoms with E-state index in [0.717, 1.165) is 0 Å². The molecule has 0 aliphatic rings. The Kier molecular flexibility index (Phi) is 7.33. The van der Waals surface area contributed by atoms with Gasteiger partial charge in [0.2, 0.25) is 0 Å². The van der Waals surface area contributed by atoms with E-state index in [2.05, 4.69) is 73.0 Å². The molecule has 3 aromatic carbocycles. The Bertz CT molecular complexity index is 1240. The van der Waals surface area contributed by atoms with Crippen molar-refractivity contribution < 1.29 is 0 Å². The number of fused-ring (bicyclic) bond motifs is 3. The Morgan fingerprint density at radius 1 is 0.656 bits per heavy atom. The molecular weight excluding hydrogens is 520 g/mol. The molecule has 0 bridgehead atoms. The monoisotopic (exact) mass is 554 g/mol. The van der Waals surface area contributed by atoms with E-state index < -0.39 is 0 Å². The fraction of sp³-hybridized carbons (Fsp3) is 0.333. The summed E-state index contributed by atoms with van der Waals surface area (Å²) in [7, 11) is 0. The van der Waals surface area contributed by atoms with Gasteiger partial charge in [-0.05, 0) is 0 Å². The summed E-state index contributed by atoms with van der Waals surface area (Å²) in [6.07, 6.45) is 12.4. The minimum absolute atomic E-state index is 0.307. The number of benzene rings is 3. The van der Waals surface area contributed by atoms with E-state index in [1.165, 1.54) is 95.2 Å². The van der Waals surface area contributed by atoms with Crippen molar-refractivity contribution in [1.82, 2.24) is 0 Å². The van der Waals surface area contributed by atoms with Gasteiger partial charge in [0.25, 0.3) is 0 Å². The topological polar surface area (TPSA) is 0 Å². The molecule has 2 heterocycles. The second-order valence-corrected chi connectivity index (χ2v) is 13.1. The average Bonchev–Trinajstić information content (AvgIpc) is 3.44. The van der Waals surface area contributed by atoms with Crippen molar-refractivity contribution >= 4 is 61.4 Å². The summed E-state index contributed by atoms with van der Waals surface area (Å²) in [5.41, 5.74) is 2.94. The molecule has 0 nitrogen and oxygen atoms in total. The molecule has 0 radical (unpaired) electrons. The summed E-state index contributed by atoms with van der Waals surface area (Å²) in [5.74, 6) is 0. The van der Waals surface area contributed by atoms with E-state index in [9.17, 15) is 0 Å². The van der Waals surface area contributed by atoms with E-state index in [4.69, 9.17) is 0 Å². The zero-order valence-corrected chi connectivity index (χ0v) is 22.2. The summed E-state index contributed by atoms with van der Waals surface area (Å²) in [6.45, 7) is 2.29. The van der Waals surface area contributed by atoms with Crippen molar-refractivity contribution in [2.24, 2.45) is 0 Å². The van der Waals surface area contributed by atoms with Crippen LogP contribution in [0.15, 0.2) is 66.0 Å². The van der Waals surface area contributed by atoms with Gasteiger partial charge < -0.3 is 0 Å². The molecule has 0 fully saturated rings. The first-order valence-corrected chi connectivity index (χ1v) is 15.4. The van der Waals surface area contributed by atoms with Crippen LogP contribution in [-0.2, 0) is 6.42 Å². The maximum atomic E-state index is 2.46. The van der Waals surface area contributed by atoms with Gasteiger partial charge in [-0.15, -0.1) is 0 Å². The van der Waals surface area contributed by atoms with Gasteiger partial charge in [-0.1, -0.05) is 19.8 Å². The third-order valence-electron chi connectivity index (χ3n) is 6.60. The number of unbranched alkanes of at least 4 members (excludes halogenated alkanes) is 7. The van der Waals surface area contributed by atoms with Crippen molar-refractivity contribution in [3.05, 3.63) is 71.6 Å². The van der Waals surface area contributed by atoms with E-state index in [1.807, 2.05) is 11.3 Å². The molecule has 0 aliphatic heterocycles. The first kappa shape index (κ1) is 22.2. The zero-order chi connectivity index (χ0) is 21.8. The third kappa shape index (κ3) is 5.14. The molecule has 0 aliphatic carbocycles. The van der Waals surface area contributed by atoms with Crippen LogP contribution in [0.2, 0.25) is 0 Å². The number of aryl methyl sites for hydroxylation is 1. The summed E-state index contributed by atoms with van der Waals surface area (Å²) in [6, 6.07) is 23.8. The molecule has 0 atom stereocenters. The second-order valence-electron chi connectivity index (χ2n) is 9.08. The quantitative estimate of drug-likeness (QED) is 0.120. The molecule has 0 N–H and O–H groups in total. The molecule has 164 valence electrons. The van der Waals surface area contributed by atoms with Crippen molar-refractivity contribution in [2.45, 2.75) is 64.7 Å². The third-order valence-corrected chi connectivity index (χ3v) is 10.8. The first-order chi connectivity index (χ1) is 15.8. The van der Waals surface area contributed by atoms with Gasteiger partial charge in [0.15, 0.2) is 0 Å². The van der Waals surface area contributed by atoms with Crippen LogP contribution >= 0.6 is 11.3 Å². The number of hydrogen-bond acceptors (Lipinski definition) is 1. The molecule has 32 heavy (non-hydrogen) atoms. The fourth-order valence-electron chi connectivity index (χ4n) is 4.69. The van der Waals surface area contributed by atoms with Gasteiger partial charge in [0.1, 0.15) is 0 Å². The second kappa shape index (κ2) is 10.6. The normalized spacial score (nSPS) is 11.8. The van der Waals surface area contributed by atoms with E-state index in [-0.39, 0.29) is 20.4 Å². The van der Waals surface area contributed by atoms with Gasteiger partial charge in [-0.2, -0.15) is 0 Å². The van der Waals surface area contributed by atoms with Gasteiger partial charge in [-0.3, -0.25) is 0 Å². The zero-order valence-electron chi connectivity index (χ0n) is 19.0. The molecule has 5 aromatic rings. The molecule has 5 rings (SSSR count). The number of rotatable bonds is 10. The Hall–Kier alpha value is -1.59. The maximum absolute atomic E-state index is 2.46. The van der Waals surface area contributed by atoms with Crippen molar-refractivity contribution in [2.75, 3.05) is 0 Å². The van der Waals surface area contributed by atoms with Crippen LogP contribution in [0.5, 0.6) is 0 Å². The molecule has 0 spiro atoms. The predicted molar refractivity (Wildman–Crippen MR) is 146 cm³/mol. The van der Waals surface area contributed by atoms with Crippen LogP contribution < -0.4 is 0 Å². The van der Waals surface area contributed by atoms with Crippen LogP contribution in [0, 0.1) is 0 Å². The average molecular weight is 552 g/mol. The van der Waals surface area contributed by atoms with Gasteiger partial charge in [0.05, 0.1) is 0 Å². The van der Waals surface area contributed by atoms with Gasteiger partial charge >= 0.3 is 187 Å². The predicted octanol–water partition coefficient (Wildman–Crippen LogP) is 9.61. The standard InChI is InChI=1S/C30H32STe/c1-2-3-4-5-6-7-8-9-10-22-11-13-23(14-12-22)29-21-27-18-25-17-24-15-16-31-28(24)19-26(25)20-30(27)32-29/h11-21H,2-10H2,1H3. The van der Waals surface area contributed by atoms with E-state index in [1.54, 1.807) is 6.98 Å². The van der Waals surface area contributed by atoms with Crippen LogP contribution in [0.4, 0.5) is 0 Å². The fourth-order valence-corrected chi connectivity index (χ4v) is 8.64. The summed E-state index contributed by atoms with van der Waals surface area (Å²) >= 11 is 1.54. The van der Waals surface area contributed by atoms with Gasteiger partial charge in [0, 0.05) is 0 Å². The Morgan fingerprint density at radius 2 is 1.38 bits per heavy atom. The molecule has 0 amide bonds. The van der Waals surface area contributed by atoms with Crippen LogP contribution in [0.3, 0.4) is 0 Å². The van der Waals surface area contributed by atoms with Crippen molar-refractivity contribution in [3.8, 4) is 9.14 Å². The summed E-state index contributed by atoms with van der Waals surface area (Å²) < 4.78 is 4.58. The van der Waals surface area contributed by atoms with Gasteiger partial charge in [-0.25, -0.2) is 0 Å². The molecule has 0 saturated heterocycles.